The lowest BCUT2D eigenvalue weighted by atomic mass is 10.1. The van der Waals surface area contributed by atoms with Gasteiger partial charge in [0.1, 0.15) is 36.4 Å². The summed E-state index contributed by atoms with van der Waals surface area (Å²) in [7, 11) is 0. The zero-order valence-electron chi connectivity index (χ0n) is 15.6. The number of furan rings is 1. The van der Waals surface area contributed by atoms with E-state index < -0.39 is 12.1 Å². The van der Waals surface area contributed by atoms with Gasteiger partial charge >= 0.3 is 5.97 Å². The van der Waals surface area contributed by atoms with Crippen LogP contribution < -0.4 is 14.8 Å². The lowest BCUT2D eigenvalue weighted by molar-refractivity contribution is 0.0664. The molecule has 0 fully saturated rings. The highest BCUT2D eigenvalue weighted by atomic mass is 16.5. The number of ether oxygens (including phenoxy) is 2. The number of aliphatic hydroxyl groups is 1. The highest BCUT2D eigenvalue weighted by Gasteiger charge is 2.16. The molecule has 0 spiro atoms. The fourth-order valence-electron chi connectivity index (χ4n) is 2.78. The smallest absolute Gasteiger partial charge is 0.372 e. The summed E-state index contributed by atoms with van der Waals surface area (Å²) < 4.78 is 16.5. The molecule has 0 saturated heterocycles. The quantitative estimate of drug-likeness (QED) is 0.461. The lowest BCUT2D eigenvalue weighted by Gasteiger charge is -2.13. The maximum Gasteiger partial charge on any atom is 0.372 e. The van der Waals surface area contributed by atoms with E-state index in [9.17, 15) is 9.90 Å². The van der Waals surface area contributed by atoms with Crippen LogP contribution in [-0.2, 0) is 0 Å². The van der Waals surface area contributed by atoms with Crippen molar-refractivity contribution in [2.45, 2.75) is 13.0 Å². The molecule has 3 N–H and O–H groups in total. The molecule has 2 aromatic carbocycles. The molecule has 148 valence electrons. The summed E-state index contributed by atoms with van der Waals surface area (Å²) >= 11 is 0. The molecule has 0 saturated carbocycles. The SMILES string of the molecule is Cc1c(C(=O)O)oc2cc(OCCNC[C@H](O)COc3ccccc3)ccc12. The maximum atomic E-state index is 11.1. The van der Waals surface area contributed by atoms with Crippen molar-refractivity contribution in [2.75, 3.05) is 26.3 Å². The van der Waals surface area contributed by atoms with Gasteiger partial charge in [-0.15, -0.1) is 0 Å². The number of carboxylic acids is 1. The zero-order valence-corrected chi connectivity index (χ0v) is 15.6. The number of aliphatic hydroxyl groups excluding tert-OH is 1. The summed E-state index contributed by atoms with van der Waals surface area (Å²) in [6.45, 7) is 3.24. The Morgan fingerprint density at radius 3 is 2.68 bits per heavy atom. The molecule has 3 aromatic rings. The molecule has 7 heteroatoms. The Hall–Kier alpha value is -3.03. The van der Waals surface area contributed by atoms with Gasteiger partial charge in [-0.05, 0) is 31.2 Å². The molecule has 0 aliphatic rings. The molecule has 0 aliphatic carbocycles. The first-order chi connectivity index (χ1) is 13.5. The zero-order chi connectivity index (χ0) is 19.9. The summed E-state index contributed by atoms with van der Waals surface area (Å²) in [5.74, 6) is 0.170. The van der Waals surface area contributed by atoms with Crippen molar-refractivity contribution in [2.24, 2.45) is 0 Å². The van der Waals surface area contributed by atoms with Crippen LogP contribution in [0.15, 0.2) is 52.9 Å². The number of hydrogen-bond donors (Lipinski definition) is 3. The van der Waals surface area contributed by atoms with Crippen LogP contribution in [0.2, 0.25) is 0 Å². The van der Waals surface area contributed by atoms with Crippen molar-refractivity contribution in [3.63, 3.8) is 0 Å². The van der Waals surface area contributed by atoms with Crippen LogP contribution in [0.25, 0.3) is 11.0 Å². The molecule has 1 heterocycles. The van der Waals surface area contributed by atoms with Gasteiger partial charge in [-0.2, -0.15) is 0 Å². The van der Waals surface area contributed by atoms with Gasteiger partial charge in [0.25, 0.3) is 0 Å². The number of aromatic carboxylic acids is 1. The fourth-order valence-corrected chi connectivity index (χ4v) is 2.78. The summed E-state index contributed by atoms with van der Waals surface area (Å²) in [5.41, 5.74) is 1.08. The first-order valence-corrected chi connectivity index (χ1v) is 9.00. The molecule has 0 radical (unpaired) electrons. The lowest BCUT2D eigenvalue weighted by Crippen LogP contribution is -2.33. The molecule has 0 unspecified atom stereocenters. The van der Waals surface area contributed by atoms with Crippen LogP contribution in [0.3, 0.4) is 0 Å². The van der Waals surface area contributed by atoms with Crippen molar-refractivity contribution < 1.29 is 28.9 Å². The minimum atomic E-state index is -1.09. The molecule has 0 bridgehead atoms. The van der Waals surface area contributed by atoms with Crippen molar-refractivity contribution in [1.29, 1.82) is 0 Å². The fraction of sp³-hybridized carbons (Fsp3) is 0.286. The van der Waals surface area contributed by atoms with Crippen LogP contribution in [0.4, 0.5) is 0 Å². The van der Waals surface area contributed by atoms with Gasteiger partial charge in [0, 0.05) is 30.1 Å². The second-order valence-electron chi connectivity index (χ2n) is 6.35. The number of para-hydroxylation sites is 1. The van der Waals surface area contributed by atoms with E-state index >= 15 is 0 Å². The van der Waals surface area contributed by atoms with Crippen LogP contribution in [0.1, 0.15) is 16.1 Å². The van der Waals surface area contributed by atoms with E-state index in [1.807, 2.05) is 30.3 Å². The molecule has 28 heavy (non-hydrogen) atoms. The average molecular weight is 385 g/mol. The monoisotopic (exact) mass is 385 g/mol. The van der Waals surface area contributed by atoms with Gasteiger partial charge < -0.3 is 29.4 Å². The Bertz CT molecular complexity index is 921. The molecule has 0 aliphatic heterocycles. The first-order valence-electron chi connectivity index (χ1n) is 9.00. The van der Waals surface area contributed by atoms with E-state index in [1.54, 1.807) is 25.1 Å². The number of aryl methyl sites for hydroxylation is 1. The van der Waals surface area contributed by atoms with Crippen molar-refractivity contribution in [3.8, 4) is 11.5 Å². The van der Waals surface area contributed by atoms with Crippen molar-refractivity contribution in [1.82, 2.24) is 5.32 Å². The van der Waals surface area contributed by atoms with Crippen LogP contribution in [-0.4, -0.2) is 48.6 Å². The Kier molecular flexibility index (Phi) is 6.52. The third-order valence-electron chi connectivity index (χ3n) is 4.22. The van der Waals surface area contributed by atoms with E-state index in [4.69, 9.17) is 19.0 Å². The van der Waals surface area contributed by atoms with E-state index in [-0.39, 0.29) is 12.4 Å². The predicted octanol–water partition coefficient (Wildman–Crippen LogP) is 2.85. The van der Waals surface area contributed by atoms with Gasteiger partial charge in [0.15, 0.2) is 0 Å². The number of carbonyl (C=O) groups is 1. The van der Waals surface area contributed by atoms with Crippen LogP contribution in [0, 0.1) is 6.92 Å². The first kappa shape index (κ1) is 19.7. The average Bonchev–Trinajstić information content (AvgIpc) is 3.03. The molecule has 3 rings (SSSR count). The largest absolute Gasteiger partial charge is 0.492 e. The Morgan fingerprint density at radius 2 is 1.93 bits per heavy atom. The second kappa shape index (κ2) is 9.25. The van der Waals surface area contributed by atoms with E-state index in [2.05, 4.69) is 5.32 Å². The normalized spacial score (nSPS) is 12.1. The highest BCUT2D eigenvalue weighted by molar-refractivity contribution is 5.95. The minimum absolute atomic E-state index is 0.0551. The molecule has 0 amide bonds. The number of fused-ring (bicyclic) bond motifs is 1. The number of hydrogen-bond acceptors (Lipinski definition) is 6. The molecule has 7 nitrogen and oxygen atoms in total. The Labute approximate surface area is 162 Å². The van der Waals surface area contributed by atoms with Crippen LogP contribution >= 0.6 is 0 Å². The predicted molar refractivity (Wildman–Crippen MR) is 104 cm³/mol. The summed E-state index contributed by atoms with van der Waals surface area (Å²) in [6, 6.07) is 14.6. The third kappa shape index (κ3) is 5.03. The summed E-state index contributed by atoms with van der Waals surface area (Å²) in [6.07, 6.45) is -0.628. The standard InChI is InChI=1S/C21H23NO6/c1-14-18-8-7-17(11-19(18)28-20(14)21(24)25)26-10-9-22-12-15(23)13-27-16-5-3-2-4-6-16/h2-8,11,15,22-23H,9-10,12-13H2,1H3,(H,24,25)/t15-/m0/s1. The Balaban J connectivity index is 1.39. The van der Waals surface area contributed by atoms with Crippen LogP contribution in [0.5, 0.6) is 11.5 Å². The Morgan fingerprint density at radius 1 is 1.14 bits per heavy atom. The van der Waals surface area contributed by atoms with Gasteiger partial charge in [-0.25, -0.2) is 4.79 Å². The van der Waals surface area contributed by atoms with Gasteiger partial charge in [-0.3, -0.25) is 0 Å². The number of rotatable bonds is 10. The molecular weight excluding hydrogens is 362 g/mol. The third-order valence-corrected chi connectivity index (χ3v) is 4.22. The number of benzene rings is 2. The van der Waals surface area contributed by atoms with Crippen molar-refractivity contribution in [3.05, 3.63) is 59.9 Å². The molecule has 1 atom stereocenters. The van der Waals surface area contributed by atoms with Crippen molar-refractivity contribution >= 4 is 16.9 Å². The number of carboxylic acid groups (broad SMARTS) is 1. The van der Waals surface area contributed by atoms with Gasteiger partial charge in [0.05, 0.1) is 0 Å². The molecular formula is C21H23NO6. The summed E-state index contributed by atoms with van der Waals surface area (Å²) in [4.78, 5) is 11.1. The second-order valence-corrected chi connectivity index (χ2v) is 6.35. The summed E-state index contributed by atoms with van der Waals surface area (Å²) in [5, 5.41) is 22.9. The topological polar surface area (TPSA) is 101 Å². The highest BCUT2D eigenvalue weighted by Crippen LogP contribution is 2.28. The number of nitrogens with one attached hydrogen (secondary N) is 1. The molecule has 1 aromatic heterocycles. The maximum absolute atomic E-state index is 11.1. The minimum Gasteiger partial charge on any atom is -0.492 e. The van der Waals surface area contributed by atoms with E-state index in [0.717, 1.165) is 11.1 Å². The van der Waals surface area contributed by atoms with Gasteiger partial charge in [0.2, 0.25) is 5.76 Å². The van der Waals surface area contributed by atoms with Gasteiger partial charge in [-0.1, -0.05) is 18.2 Å². The van der Waals surface area contributed by atoms with E-state index in [1.165, 1.54) is 0 Å². The van der Waals surface area contributed by atoms with E-state index in [0.29, 0.717) is 36.6 Å².